The van der Waals surface area contributed by atoms with E-state index >= 15 is 0 Å². The molecule has 0 aliphatic carbocycles. The standard InChI is InChI=1S/C29H40N4O3/c1-24(34)33-17-9-14-30(2)18-19-32(23-26-10-4-5-13-28(26)33)29(35)25-11-8-12-27(22-25)36-21-20-31-15-6-3-7-16-31/h4-5,8,10-13,22H,3,6-7,9,14-21,23H2,1-2H3. The third-order valence-electron chi connectivity index (χ3n) is 7.19. The van der Waals surface area contributed by atoms with Gasteiger partial charge in [-0.3, -0.25) is 14.5 Å². The van der Waals surface area contributed by atoms with Gasteiger partial charge in [0.1, 0.15) is 12.4 Å². The lowest BCUT2D eigenvalue weighted by Crippen LogP contribution is -2.37. The number of nitrogens with zero attached hydrogens (tertiary/aromatic N) is 4. The van der Waals surface area contributed by atoms with Crippen molar-refractivity contribution in [1.82, 2.24) is 14.7 Å². The number of fused-ring (bicyclic) bond motifs is 1. The minimum atomic E-state index is -0.0201. The quantitative estimate of drug-likeness (QED) is 0.634. The highest BCUT2D eigenvalue weighted by molar-refractivity contribution is 5.95. The highest BCUT2D eigenvalue weighted by atomic mass is 16.5. The van der Waals surface area contributed by atoms with Gasteiger partial charge in [0.05, 0.1) is 0 Å². The van der Waals surface area contributed by atoms with Gasteiger partial charge in [-0.15, -0.1) is 0 Å². The number of carbonyl (C=O) groups is 2. The van der Waals surface area contributed by atoms with Crippen molar-refractivity contribution < 1.29 is 14.3 Å². The zero-order valence-electron chi connectivity index (χ0n) is 21.8. The van der Waals surface area contributed by atoms with Crippen LogP contribution in [-0.4, -0.2) is 86.0 Å². The predicted octanol–water partition coefficient (Wildman–Crippen LogP) is 3.88. The molecule has 0 aromatic heterocycles. The fourth-order valence-electron chi connectivity index (χ4n) is 5.09. The summed E-state index contributed by atoms with van der Waals surface area (Å²) in [5.41, 5.74) is 2.51. The summed E-state index contributed by atoms with van der Waals surface area (Å²) in [6.07, 6.45) is 4.74. The van der Waals surface area contributed by atoms with Crippen LogP contribution in [0.1, 0.15) is 48.5 Å². The molecule has 0 radical (unpaired) electrons. The number of ether oxygens (including phenoxy) is 1. The van der Waals surface area contributed by atoms with Gasteiger partial charge in [0, 0.05) is 50.9 Å². The molecule has 2 aliphatic rings. The normalized spacial score (nSPS) is 18.3. The first-order chi connectivity index (χ1) is 17.5. The second-order valence-corrected chi connectivity index (χ2v) is 9.96. The lowest BCUT2D eigenvalue weighted by Gasteiger charge is -2.27. The maximum absolute atomic E-state index is 13.7. The van der Waals surface area contributed by atoms with E-state index in [2.05, 4.69) is 16.8 Å². The van der Waals surface area contributed by atoms with Gasteiger partial charge >= 0.3 is 0 Å². The van der Waals surface area contributed by atoms with E-state index in [0.717, 1.165) is 56.1 Å². The van der Waals surface area contributed by atoms with Crippen molar-refractivity contribution in [3.63, 3.8) is 0 Å². The van der Waals surface area contributed by atoms with E-state index in [4.69, 9.17) is 4.74 Å². The van der Waals surface area contributed by atoms with Gasteiger partial charge in [-0.1, -0.05) is 30.7 Å². The molecule has 0 unspecified atom stereocenters. The number of hydrogen-bond acceptors (Lipinski definition) is 5. The first-order valence-electron chi connectivity index (χ1n) is 13.3. The number of likely N-dealkylation sites (tertiary alicyclic amines) is 1. The van der Waals surface area contributed by atoms with Gasteiger partial charge in [-0.25, -0.2) is 0 Å². The van der Waals surface area contributed by atoms with Gasteiger partial charge in [0.15, 0.2) is 0 Å². The summed E-state index contributed by atoms with van der Waals surface area (Å²) in [4.78, 5) is 34.6. The Morgan fingerprint density at radius 2 is 1.67 bits per heavy atom. The van der Waals surface area contributed by atoms with E-state index < -0.39 is 0 Å². The molecule has 7 nitrogen and oxygen atoms in total. The van der Waals surface area contributed by atoms with E-state index in [9.17, 15) is 9.59 Å². The van der Waals surface area contributed by atoms with Gasteiger partial charge in [-0.05, 0) is 75.8 Å². The molecule has 4 rings (SSSR count). The van der Waals surface area contributed by atoms with Crippen molar-refractivity contribution in [1.29, 1.82) is 0 Å². The van der Waals surface area contributed by atoms with E-state index in [-0.39, 0.29) is 11.8 Å². The van der Waals surface area contributed by atoms with Crippen LogP contribution in [0.25, 0.3) is 0 Å². The Bertz CT molecular complexity index is 1020. The minimum Gasteiger partial charge on any atom is -0.492 e. The molecular formula is C29H40N4O3. The molecule has 7 heteroatoms. The average Bonchev–Trinajstić information content (AvgIpc) is 2.92. The number of carbonyl (C=O) groups excluding carboxylic acids is 2. The monoisotopic (exact) mass is 492 g/mol. The summed E-state index contributed by atoms with van der Waals surface area (Å²) in [5.74, 6) is 0.737. The van der Waals surface area contributed by atoms with Gasteiger partial charge in [0.2, 0.25) is 5.91 Å². The van der Waals surface area contributed by atoms with Crippen molar-refractivity contribution in [2.75, 3.05) is 64.4 Å². The molecule has 0 N–H and O–H groups in total. The van der Waals surface area contributed by atoms with Crippen LogP contribution in [0.4, 0.5) is 5.69 Å². The predicted molar refractivity (Wildman–Crippen MR) is 144 cm³/mol. The number of hydrogen-bond donors (Lipinski definition) is 0. The molecule has 0 spiro atoms. The third kappa shape index (κ3) is 7.08. The van der Waals surface area contributed by atoms with Crippen LogP contribution < -0.4 is 9.64 Å². The molecule has 2 aromatic rings. The van der Waals surface area contributed by atoms with Crippen LogP contribution in [0.15, 0.2) is 48.5 Å². The Kier molecular flexibility index (Phi) is 9.36. The molecule has 1 saturated heterocycles. The van der Waals surface area contributed by atoms with E-state index in [0.29, 0.717) is 31.8 Å². The highest BCUT2D eigenvalue weighted by Crippen LogP contribution is 2.25. The fourth-order valence-corrected chi connectivity index (χ4v) is 5.09. The molecule has 194 valence electrons. The third-order valence-corrected chi connectivity index (χ3v) is 7.19. The Hall–Kier alpha value is -2.90. The summed E-state index contributed by atoms with van der Waals surface area (Å²) in [5, 5.41) is 0. The van der Waals surface area contributed by atoms with E-state index in [1.54, 1.807) is 6.92 Å². The minimum absolute atomic E-state index is 0.0201. The molecule has 1 fully saturated rings. The number of amides is 2. The highest BCUT2D eigenvalue weighted by Gasteiger charge is 2.22. The largest absolute Gasteiger partial charge is 0.492 e. The van der Waals surface area contributed by atoms with E-state index in [1.165, 1.54) is 19.3 Å². The van der Waals surface area contributed by atoms with Crippen LogP contribution in [0, 0.1) is 0 Å². The summed E-state index contributed by atoms with van der Waals surface area (Å²) in [6.45, 7) is 8.83. The molecule has 2 amide bonds. The summed E-state index contributed by atoms with van der Waals surface area (Å²) in [6, 6.07) is 15.5. The molecule has 36 heavy (non-hydrogen) atoms. The number of piperidine rings is 1. The van der Waals surface area contributed by atoms with Gasteiger partial charge in [-0.2, -0.15) is 0 Å². The van der Waals surface area contributed by atoms with Crippen molar-refractivity contribution in [2.24, 2.45) is 0 Å². The summed E-state index contributed by atoms with van der Waals surface area (Å²) < 4.78 is 6.03. The van der Waals surface area contributed by atoms with Gasteiger partial charge < -0.3 is 19.4 Å². The maximum Gasteiger partial charge on any atom is 0.254 e. The van der Waals surface area contributed by atoms with Crippen molar-refractivity contribution in [2.45, 2.75) is 39.2 Å². The van der Waals surface area contributed by atoms with Crippen LogP contribution in [-0.2, 0) is 11.3 Å². The molecule has 0 atom stereocenters. The van der Waals surface area contributed by atoms with Crippen molar-refractivity contribution >= 4 is 17.5 Å². The Morgan fingerprint density at radius 1 is 0.861 bits per heavy atom. The van der Waals surface area contributed by atoms with Gasteiger partial charge in [0.25, 0.3) is 5.91 Å². The SMILES string of the molecule is CC(=O)N1CCCN(C)CCN(C(=O)c2cccc(OCCN3CCCCC3)c2)Cc2ccccc21. The molecule has 0 saturated carbocycles. The number of para-hydroxylation sites is 1. The lowest BCUT2D eigenvalue weighted by molar-refractivity contribution is -0.116. The van der Waals surface area contributed by atoms with Crippen LogP contribution in [0.3, 0.4) is 0 Å². The fraction of sp³-hybridized carbons (Fsp3) is 0.517. The lowest BCUT2D eigenvalue weighted by atomic mass is 10.1. The Labute approximate surface area is 215 Å². The average molecular weight is 493 g/mol. The maximum atomic E-state index is 13.7. The van der Waals surface area contributed by atoms with Crippen LogP contribution >= 0.6 is 0 Å². The number of rotatable bonds is 5. The summed E-state index contributed by atoms with van der Waals surface area (Å²) >= 11 is 0. The van der Waals surface area contributed by atoms with E-state index in [1.807, 2.05) is 58.3 Å². The molecular weight excluding hydrogens is 452 g/mol. The summed E-state index contributed by atoms with van der Waals surface area (Å²) in [7, 11) is 2.07. The topological polar surface area (TPSA) is 56.3 Å². The van der Waals surface area contributed by atoms with Crippen LogP contribution in [0.2, 0.25) is 0 Å². The first-order valence-corrected chi connectivity index (χ1v) is 13.3. The van der Waals surface area contributed by atoms with Crippen molar-refractivity contribution in [3.8, 4) is 5.75 Å². The number of likely N-dealkylation sites (N-methyl/N-ethyl adjacent to an activating group) is 1. The molecule has 2 aromatic carbocycles. The molecule has 2 aliphatic heterocycles. The van der Waals surface area contributed by atoms with Crippen molar-refractivity contribution in [3.05, 3.63) is 59.7 Å². The first kappa shape index (κ1) is 26.2. The molecule has 2 heterocycles. The second kappa shape index (κ2) is 12.9. The van der Waals surface area contributed by atoms with Crippen LogP contribution in [0.5, 0.6) is 5.75 Å². The second-order valence-electron chi connectivity index (χ2n) is 9.96. The Morgan fingerprint density at radius 3 is 2.47 bits per heavy atom. The zero-order valence-corrected chi connectivity index (χ0v) is 21.8. The Balaban J connectivity index is 1.50. The zero-order chi connectivity index (χ0) is 25.3. The number of benzene rings is 2. The molecule has 0 bridgehead atoms. The number of anilines is 1. The smallest absolute Gasteiger partial charge is 0.254 e.